The van der Waals surface area contributed by atoms with Crippen LogP contribution in [0, 0.1) is 11.8 Å². The Kier molecular flexibility index (Phi) is 7.64. The van der Waals surface area contributed by atoms with Crippen LogP contribution in [0.4, 0.5) is 8.78 Å². The Bertz CT molecular complexity index is 463. The zero-order valence-electron chi connectivity index (χ0n) is 12.1. The van der Waals surface area contributed by atoms with Crippen LogP contribution in [0.2, 0.25) is 0 Å². The smallest absolute Gasteiger partial charge is 0.264 e. The van der Waals surface area contributed by atoms with E-state index in [1.807, 2.05) is 0 Å². The third kappa shape index (κ3) is 6.01. The lowest BCUT2D eigenvalue weighted by Crippen LogP contribution is -1.94. The van der Waals surface area contributed by atoms with E-state index in [2.05, 4.69) is 23.7 Å². The Morgan fingerprint density at radius 1 is 1.20 bits per heavy atom. The molecule has 110 valence electrons. The fraction of sp³-hybridized carbons (Fsp3) is 0.562. The average molecular weight is 281 g/mol. The second-order valence-electron chi connectivity index (χ2n) is 4.59. The monoisotopic (exact) mass is 281 g/mol. The maximum absolute atomic E-state index is 12.7. The lowest BCUT2D eigenvalue weighted by molar-refractivity contribution is 0.150. The molecule has 1 aromatic rings. The molecule has 0 saturated carbocycles. The predicted octanol–water partition coefficient (Wildman–Crippen LogP) is 4.74. The molecule has 0 radical (unpaired) electrons. The molecule has 0 bridgehead atoms. The van der Waals surface area contributed by atoms with Crippen molar-refractivity contribution < 1.29 is 13.5 Å². The van der Waals surface area contributed by atoms with Gasteiger partial charge in [-0.2, -0.15) is 0 Å². The molecule has 1 aromatic heterocycles. The van der Waals surface area contributed by atoms with Gasteiger partial charge in [0.25, 0.3) is 6.43 Å². The molecule has 0 spiro atoms. The minimum Gasteiger partial charge on any atom is -0.481 e. The van der Waals surface area contributed by atoms with E-state index >= 15 is 0 Å². The lowest BCUT2D eigenvalue weighted by Gasteiger charge is -2.03. The number of hydrogen-bond donors (Lipinski definition) is 0. The molecule has 20 heavy (non-hydrogen) atoms. The van der Waals surface area contributed by atoms with Gasteiger partial charge in [-0.15, -0.1) is 0 Å². The number of methoxy groups -OCH3 is 1. The molecule has 0 unspecified atom stereocenters. The second-order valence-corrected chi connectivity index (χ2v) is 4.59. The van der Waals surface area contributed by atoms with Crippen molar-refractivity contribution in [3.8, 4) is 17.7 Å². The van der Waals surface area contributed by atoms with Crippen LogP contribution < -0.4 is 4.74 Å². The molecule has 0 atom stereocenters. The summed E-state index contributed by atoms with van der Waals surface area (Å²) in [7, 11) is 1.41. The van der Waals surface area contributed by atoms with Crippen LogP contribution in [0.5, 0.6) is 5.88 Å². The fourth-order valence-electron chi connectivity index (χ4n) is 1.79. The largest absolute Gasteiger partial charge is 0.481 e. The first-order valence-corrected chi connectivity index (χ1v) is 7.00. The van der Waals surface area contributed by atoms with Crippen LogP contribution in [-0.4, -0.2) is 12.1 Å². The first-order chi connectivity index (χ1) is 9.67. The van der Waals surface area contributed by atoms with Gasteiger partial charge in [-0.1, -0.05) is 38.5 Å². The van der Waals surface area contributed by atoms with E-state index in [-0.39, 0.29) is 11.4 Å². The van der Waals surface area contributed by atoms with Crippen molar-refractivity contribution >= 4 is 0 Å². The Morgan fingerprint density at radius 2 is 1.95 bits per heavy atom. The third-order valence-electron chi connectivity index (χ3n) is 2.91. The molecule has 2 nitrogen and oxygen atoms in total. The van der Waals surface area contributed by atoms with Crippen molar-refractivity contribution in [1.82, 2.24) is 4.98 Å². The molecule has 0 aromatic carbocycles. The number of ether oxygens (including phenoxy) is 1. The summed E-state index contributed by atoms with van der Waals surface area (Å²) in [4.78, 5) is 4.05. The highest BCUT2D eigenvalue weighted by molar-refractivity contribution is 5.35. The van der Waals surface area contributed by atoms with Crippen molar-refractivity contribution in [3.05, 3.63) is 23.4 Å². The number of aromatic nitrogens is 1. The van der Waals surface area contributed by atoms with E-state index in [1.165, 1.54) is 38.5 Å². The second kappa shape index (κ2) is 9.30. The highest BCUT2D eigenvalue weighted by Gasteiger charge is 2.10. The van der Waals surface area contributed by atoms with Crippen molar-refractivity contribution in [2.75, 3.05) is 7.11 Å². The molecule has 0 fully saturated rings. The van der Waals surface area contributed by atoms with Gasteiger partial charge in [-0.05, 0) is 18.4 Å². The number of hydrogen-bond acceptors (Lipinski definition) is 2. The summed E-state index contributed by atoms with van der Waals surface area (Å²) in [6.45, 7) is 2.18. The minimum absolute atomic E-state index is 0.107. The number of halogens is 2. The molecule has 0 aliphatic carbocycles. The van der Waals surface area contributed by atoms with Crippen LogP contribution in [0.15, 0.2) is 12.1 Å². The molecule has 0 N–H and O–H groups in total. The van der Waals surface area contributed by atoms with E-state index in [0.29, 0.717) is 5.69 Å². The third-order valence-corrected chi connectivity index (χ3v) is 2.91. The molecule has 0 aliphatic rings. The van der Waals surface area contributed by atoms with E-state index in [9.17, 15) is 8.78 Å². The number of nitrogens with zero attached hydrogens (tertiary/aromatic N) is 1. The number of rotatable bonds is 7. The summed E-state index contributed by atoms with van der Waals surface area (Å²) in [5.41, 5.74) is 0.234. The molecule has 0 amide bonds. The van der Waals surface area contributed by atoms with Gasteiger partial charge in [0.15, 0.2) is 0 Å². The molecule has 0 aliphatic heterocycles. The number of pyridine rings is 1. The van der Waals surface area contributed by atoms with E-state index in [1.54, 1.807) is 0 Å². The van der Waals surface area contributed by atoms with Crippen LogP contribution in [0.1, 0.15) is 63.1 Å². The summed E-state index contributed by atoms with van der Waals surface area (Å²) in [6.07, 6.45) is 4.13. The van der Waals surface area contributed by atoms with Crippen LogP contribution in [-0.2, 0) is 0 Å². The fourth-order valence-corrected chi connectivity index (χ4v) is 1.79. The highest BCUT2D eigenvalue weighted by Crippen LogP contribution is 2.22. The summed E-state index contributed by atoms with van der Waals surface area (Å²) < 4.78 is 30.3. The molecule has 1 heterocycles. The molecular formula is C16H21F2NO. The van der Waals surface area contributed by atoms with Gasteiger partial charge in [0.1, 0.15) is 5.69 Å². The Morgan fingerprint density at radius 3 is 2.60 bits per heavy atom. The maximum atomic E-state index is 12.7. The topological polar surface area (TPSA) is 22.1 Å². The molecule has 1 rings (SSSR count). The lowest BCUT2D eigenvalue weighted by atomic mass is 10.1. The van der Waals surface area contributed by atoms with Crippen LogP contribution in [0.25, 0.3) is 0 Å². The van der Waals surface area contributed by atoms with Crippen molar-refractivity contribution in [2.24, 2.45) is 0 Å². The Labute approximate surface area is 119 Å². The van der Waals surface area contributed by atoms with Gasteiger partial charge in [0, 0.05) is 18.1 Å². The van der Waals surface area contributed by atoms with Crippen LogP contribution in [0.3, 0.4) is 0 Å². The Balaban J connectivity index is 2.56. The predicted molar refractivity (Wildman–Crippen MR) is 76.0 cm³/mol. The van der Waals surface area contributed by atoms with Crippen LogP contribution >= 0.6 is 0 Å². The molecular weight excluding hydrogens is 260 g/mol. The quantitative estimate of drug-likeness (QED) is 0.532. The van der Waals surface area contributed by atoms with Gasteiger partial charge >= 0.3 is 0 Å². The number of unbranched alkanes of at least 4 members (excludes halogenated alkanes) is 5. The van der Waals surface area contributed by atoms with Gasteiger partial charge < -0.3 is 4.74 Å². The van der Waals surface area contributed by atoms with Gasteiger partial charge in [-0.25, -0.2) is 13.8 Å². The molecule has 0 saturated heterocycles. The summed E-state index contributed by atoms with van der Waals surface area (Å²) in [6, 6.07) is 2.55. The van der Waals surface area contributed by atoms with Crippen molar-refractivity contribution in [3.63, 3.8) is 0 Å². The van der Waals surface area contributed by atoms with Gasteiger partial charge in [0.05, 0.1) is 7.11 Å². The standard InChI is InChI=1S/C16H21F2NO/c1-3-4-5-6-7-8-9-10-14-11-13(16(17)18)12-15(19-14)20-2/h11-12,16H,3-8H2,1-2H3. The Hall–Kier alpha value is -1.63. The van der Waals surface area contributed by atoms with Crippen molar-refractivity contribution in [1.29, 1.82) is 0 Å². The number of alkyl halides is 2. The zero-order chi connectivity index (χ0) is 14.8. The maximum Gasteiger partial charge on any atom is 0.264 e. The van der Waals surface area contributed by atoms with E-state index < -0.39 is 6.43 Å². The SMILES string of the molecule is CCCCCCCC#Cc1cc(C(F)F)cc(OC)n1. The summed E-state index contributed by atoms with van der Waals surface area (Å²) in [5.74, 6) is 5.99. The average Bonchev–Trinajstić information content (AvgIpc) is 2.46. The van der Waals surface area contributed by atoms with Gasteiger partial charge in [-0.3, -0.25) is 0 Å². The first kappa shape index (κ1) is 16.4. The molecule has 4 heteroatoms. The van der Waals surface area contributed by atoms with Gasteiger partial charge in [0.2, 0.25) is 5.88 Å². The van der Waals surface area contributed by atoms with E-state index in [0.717, 1.165) is 19.3 Å². The van der Waals surface area contributed by atoms with E-state index in [4.69, 9.17) is 4.74 Å². The minimum atomic E-state index is -2.54. The zero-order valence-corrected chi connectivity index (χ0v) is 12.1. The first-order valence-electron chi connectivity index (χ1n) is 7.00. The summed E-state index contributed by atoms with van der Waals surface area (Å²) >= 11 is 0. The van der Waals surface area contributed by atoms with Crippen molar-refractivity contribution in [2.45, 2.75) is 51.9 Å². The highest BCUT2D eigenvalue weighted by atomic mass is 19.3. The summed E-state index contributed by atoms with van der Waals surface area (Å²) in [5, 5.41) is 0. The normalized spacial score (nSPS) is 10.2.